The van der Waals surface area contributed by atoms with Crippen LogP contribution in [0.2, 0.25) is 5.02 Å². The summed E-state index contributed by atoms with van der Waals surface area (Å²) in [4.78, 5) is 2.11. The molecular formula is C19H24ClFN2O2. The van der Waals surface area contributed by atoms with Crippen molar-refractivity contribution in [3.63, 3.8) is 0 Å². The van der Waals surface area contributed by atoms with Crippen molar-refractivity contribution in [3.8, 4) is 11.5 Å². The number of hydrogen-bond donors (Lipinski definition) is 1. The molecule has 4 nitrogen and oxygen atoms in total. The summed E-state index contributed by atoms with van der Waals surface area (Å²) in [5, 5.41) is 3.79. The van der Waals surface area contributed by atoms with Gasteiger partial charge in [0.25, 0.3) is 0 Å². The van der Waals surface area contributed by atoms with Crippen LogP contribution < -0.4 is 14.8 Å². The maximum absolute atomic E-state index is 13.7. The van der Waals surface area contributed by atoms with Gasteiger partial charge < -0.3 is 19.7 Å². The highest BCUT2D eigenvalue weighted by Gasteiger charge is 2.13. The molecule has 0 fully saturated rings. The Kier molecular flexibility index (Phi) is 7.50. The van der Waals surface area contributed by atoms with E-state index in [9.17, 15) is 4.39 Å². The lowest BCUT2D eigenvalue weighted by molar-refractivity contribution is 0.279. The Balaban J connectivity index is 2.04. The van der Waals surface area contributed by atoms with E-state index in [1.807, 2.05) is 26.2 Å². The van der Waals surface area contributed by atoms with Gasteiger partial charge in [-0.2, -0.15) is 0 Å². The smallest absolute Gasteiger partial charge is 0.180 e. The number of rotatable bonds is 9. The molecule has 2 rings (SSSR count). The van der Waals surface area contributed by atoms with E-state index in [0.717, 1.165) is 18.7 Å². The van der Waals surface area contributed by atoms with Gasteiger partial charge in [0.05, 0.1) is 12.1 Å². The van der Waals surface area contributed by atoms with Gasteiger partial charge in [-0.3, -0.25) is 0 Å². The molecule has 136 valence electrons. The standard InChI is InChI=1S/C19H24ClFN2O2/c1-23(2)9-8-22-12-14-10-16(20)19(18(11-14)24-3)25-13-15-6-4-5-7-17(15)21/h4-7,10-11,22H,8-9,12-13H2,1-3H3. The Morgan fingerprint density at radius 2 is 1.96 bits per heavy atom. The van der Waals surface area contributed by atoms with Crippen molar-refractivity contribution in [2.45, 2.75) is 13.2 Å². The molecule has 0 heterocycles. The maximum atomic E-state index is 13.7. The SMILES string of the molecule is COc1cc(CNCCN(C)C)cc(Cl)c1OCc1ccccc1F. The van der Waals surface area contributed by atoms with Crippen LogP contribution in [0.25, 0.3) is 0 Å². The number of nitrogens with zero attached hydrogens (tertiary/aromatic N) is 1. The molecule has 0 spiro atoms. The molecule has 0 aliphatic carbocycles. The minimum atomic E-state index is -0.306. The normalized spacial score (nSPS) is 11.0. The van der Waals surface area contributed by atoms with Crippen LogP contribution in [0.4, 0.5) is 4.39 Å². The van der Waals surface area contributed by atoms with Crippen LogP contribution in [0.15, 0.2) is 36.4 Å². The molecule has 0 unspecified atom stereocenters. The second-order valence-corrected chi connectivity index (χ2v) is 6.38. The lowest BCUT2D eigenvalue weighted by atomic mass is 10.2. The van der Waals surface area contributed by atoms with Gasteiger partial charge in [0.1, 0.15) is 12.4 Å². The van der Waals surface area contributed by atoms with Gasteiger partial charge in [-0.15, -0.1) is 0 Å². The van der Waals surface area contributed by atoms with E-state index < -0.39 is 0 Å². The van der Waals surface area contributed by atoms with Crippen LogP contribution in [-0.2, 0) is 13.2 Å². The molecule has 0 saturated carbocycles. The summed E-state index contributed by atoms with van der Waals surface area (Å²) in [6.45, 7) is 2.59. The van der Waals surface area contributed by atoms with Crippen LogP contribution >= 0.6 is 11.6 Å². The van der Waals surface area contributed by atoms with Crippen molar-refractivity contribution in [1.29, 1.82) is 0 Å². The first-order valence-corrected chi connectivity index (χ1v) is 8.47. The van der Waals surface area contributed by atoms with Gasteiger partial charge in [-0.1, -0.05) is 29.8 Å². The van der Waals surface area contributed by atoms with Crippen molar-refractivity contribution >= 4 is 11.6 Å². The highest BCUT2D eigenvalue weighted by Crippen LogP contribution is 2.37. The molecule has 0 aliphatic rings. The third kappa shape index (κ3) is 5.88. The van der Waals surface area contributed by atoms with Gasteiger partial charge in [0.15, 0.2) is 11.5 Å². The van der Waals surface area contributed by atoms with E-state index >= 15 is 0 Å². The minimum absolute atomic E-state index is 0.0865. The monoisotopic (exact) mass is 366 g/mol. The second-order valence-electron chi connectivity index (χ2n) is 5.97. The molecule has 0 radical (unpaired) electrons. The van der Waals surface area contributed by atoms with Gasteiger partial charge in [-0.05, 0) is 37.9 Å². The highest BCUT2D eigenvalue weighted by atomic mass is 35.5. The summed E-state index contributed by atoms with van der Waals surface area (Å²) in [5.74, 6) is 0.650. The number of likely N-dealkylation sites (N-methyl/N-ethyl adjacent to an activating group) is 1. The summed E-state index contributed by atoms with van der Waals surface area (Å²) in [5.41, 5.74) is 1.47. The summed E-state index contributed by atoms with van der Waals surface area (Å²) in [6, 6.07) is 10.2. The minimum Gasteiger partial charge on any atom is -0.493 e. The molecule has 0 saturated heterocycles. The number of ether oxygens (including phenoxy) is 2. The van der Waals surface area contributed by atoms with E-state index in [1.165, 1.54) is 6.07 Å². The first-order chi connectivity index (χ1) is 12.0. The average Bonchev–Trinajstić information content (AvgIpc) is 2.58. The molecule has 1 N–H and O–H groups in total. The third-order valence-corrected chi connectivity index (χ3v) is 3.96. The topological polar surface area (TPSA) is 33.7 Å². The zero-order valence-electron chi connectivity index (χ0n) is 14.8. The summed E-state index contributed by atoms with van der Waals surface area (Å²) >= 11 is 6.35. The van der Waals surface area contributed by atoms with E-state index in [2.05, 4.69) is 10.2 Å². The molecule has 0 amide bonds. The van der Waals surface area contributed by atoms with E-state index in [0.29, 0.717) is 28.6 Å². The molecule has 2 aromatic carbocycles. The predicted octanol–water partition coefficient (Wildman–Crippen LogP) is 3.72. The van der Waals surface area contributed by atoms with E-state index in [1.54, 1.807) is 25.3 Å². The predicted molar refractivity (Wildman–Crippen MR) is 99.0 cm³/mol. The van der Waals surface area contributed by atoms with Crippen molar-refractivity contribution in [1.82, 2.24) is 10.2 Å². The van der Waals surface area contributed by atoms with Crippen molar-refractivity contribution in [3.05, 3.63) is 58.4 Å². The molecule has 6 heteroatoms. The van der Waals surface area contributed by atoms with Gasteiger partial charge >= 0.3 is 0 Å². The average molecular weight is 367 g/mol. The second kappa shape index (κ2) is 9.61. The summed E-state index contributed by atoms with van der Waals surface area (Å²) < 4.78 is 24.8. The zero-order valence-corrected chi connectivity index (χ0v) is 15.6. The first kappa shape index (κ1) is 19.5. The summed E-state index contributed by atoms with van der Waals surface area (Å²) in [7, 11) is 5.62. The first-order valence-electron chi connectivity index (χ1n) is 8.09. The van der Waals surface area contributed by atoms with Crippen molar-refractivity contribution in [2.75, 3.05) is 34.3 Å². The maximum Gasteiger partial charge on any atom is 0.180 e. The Hall–Kier alpha value is -1.82. The number of methoxy groups -OCH3 is 1. The molecule has 0 atom stereocenters. The highest BCUT2D eigenvalue weighted by molar-refractivity contribution is 6.32. The fourth-order valence-corrected chi connectivity index (χ4v) is 2.60. The number of benzene rings is 2. The van der Waals surface area contributed by atoms with Gasteiger partial charge in [0.2, 0.25) is 0 Å². The van der Waals surface area contributed by atoms with E-state index in [4.69, 9.17) is 21.1 Å². The molecule has 2 aromatic rings. The Labute approximate surface area is 153 Å². The lowest BCUT2D eigenvalue weighted by Crippen LogP contribution is -2.26. The Morgan fingerprint density at radius 3 is 2.64 bits per heavy atom. The molecule has 25 heavy (non-hydrogen) atoms. The van der Waals surface area contributed by atoms with Crippen LogP contribution in [0, 0.1) is 5.82 Å². The van der Waals surface area contributed by atoms with Gasteiger partial charge in [0, 0.05) is 25.2 Å². The molecular weight excluding hydrogens is 343 g/mol. The van der Waals surface area contributed by atoms with Gasteiger partial charge in [-0.25, -0.2) is 4.39 Å². The molecule has 0 aliphatic heterocycles. The van der Waals surface area contributed by atoms with Crippen molar-refractivity contribution in [2.24, 2.45) is 0 Å². The Morgan fingerprint density at radius 1 is 1.20 bits per heavy atom. The van der Waals surface area contributed by atoms with Crippen LogP contribution in [0.1, 0.15) is 11.1 Å². The fraction of sp³-hybridized carbons (Fsp3) is 0.368. The number of hydrogen-bond acceptors (Lipinski definition) is 4. The third-order valence-electron chi connectivity index (χ3n) is 3.68. The van der Waals surface area contributed by atoms with Crippen LogP contribution in [0.5, 0.6) is 11.5 Å². The quantitative estimate of drug-likeness (QED) is 0.686. The zero-order chi connectivity index (χ0) is 18.2. The largest absolute Gasteiger partial charge is 0.493 e. The fourth-order valence-electron chi connectivity index (χ4n) is 2.32. The Bertz CT molecular complexity index is 695. The van der Waals surface area contributed by atoms with Crippen LogP contribution in [0.3, 0.4) is 0 Å². The number of nitrogens with one attached hydrogen (secondary N) is 1. The van der Waals surface area contributed by atoms with E-state index in [-0.39, 0.29) is 12.4 Å². The summed E-state index contributed by atoms with van der Waals surface area (Å²) in [6.07, 6.45) is 0. The molecule has 0 bridgehead atoms. The number of halogens is 2. The lowest BCUT2D eigenvalue weighted by Gasteiger charge is -2.15. The van der Waals surface area contributed by atoms with Crippen LogP contribution in [-0.4, -0.2) is 39.2 Å². The van der Waals surface area contributed by atoms with Crippen molar-refractivity contribution < 1.29 is 13.9 Å². The molecule has 0 aromatic heterocycles.